The van der Waals surface area contributed by atoms with Gasteiger partial charge in [-0.2, -0.15) is 30.4 Å². The van der Waals surface area contributed by atoms with Crippen LogP contribution in [0.1, 0.15) is 19.3 Å². The first-order chi connectivity index (χ1) is 10.7. The molecule has 0 amide bonds. The average molecular weight is 384 g/mol. The minimum Gasteiger partial charge on any atom is -0.463 e. The highest BCUT2D eigenvalue weighted by atomic mass is 32.2. The maximum Gasteiger partial charge on any atom is 0.432 e. The van der Waals surface area contributed by atoms with Crippen molar-refractivity contribution in [2.24, 2.45) is 0 Å². The standard InChI is InChI=1S/C11H13F5O7S/c1-2-7(17)22-6-4-3-5-8(18)23-9(10(12,13)14)11(15,16)24(19,20)21/h2,9H,1,3-6H2,(H,19,20,21). The Labute approximate surface area is 133 Å². The Morgan fingerprint density at radius 1 is 1.17 bits per heavy atom. The Morgan fingerprint density at radius 3 is 2.12 bits per heavy atom. The molecule has 0 saturated heterocycles. The molecule has 0 aromatic rings. The monoisotopic (exact) mass is 384 g/mol. The zero-order valence-electron chi connectivity index (χ0n) is 11.9. The molecule has 0 aliphatic rings. The Hall–Kier alpha value is -1.76. The van der Waals surface area contributed by atoms with Crippen LogP contribution in [0.15, 0.2) is 12.7 Å². The summed E-state index contributed by atoms with van der Waals surface area (Å²) < 4.78 is 101. The Bertz CT molecular complexity index is 570. The van der Waals surface area contributed by atoms with Gasteiger partial charge in [0.05, 0.1) is 6.61 Å². The van der Waals surface area contributed by atoms with Gasteiger partial charge >= 0.3 is 33.5 Å². The fourth-order valence-electron chi connectivity index (χ4n) is 1.25. The smallest absolute Gasteiger partial charge is 0.432 e. The van der Waals surface area contributed by atoms with Crippen LogP contribution in [0.2, 0.25) is 0 Å². The van der Waals surface area contributed by atoms with Gasteiger partial charge in [-0.1, -0.05) is 6.58 Å². The molecule has 0 fully saturated rings. The van der Waals surface area contributed by atoms with Crippen LogP contribution in [-0.4, -0.2) is 49.1 Å². The third-order valence-electron chi connectivity index (χ3n) is 2.38. The fraction of sp³-hybridized carbons (Fsp3) is 0.636. The maximum absolute atomic E-state index is 13.1. The molecule has 0 rings (SSSR count). The van der Waals surface area contributed by atoms with Crippen LogP contribution in [0.3, 0.4) is 0 Å². The lowest BCUT2D eigenvalue weighted by atomic mass is 10.2. The van der Waals surface area contributed by atoms with Crippen LogP contribution < -0.4 is 0 Å². The first-order valence-electron chi connectivity index (χ1n) is 6.13. The molecule has 0 bridgehead atoms. The molecule has 0 aromatic heterocycles. The first kappa shape index (κ1) is 22.2. The SMILES string of the molecule is C=CC(=O)OCCCCC(=O)OC(C(F)(F)F)C(F)(F)S(=O)(=O)O. The fourth-order valence-corrected chi connectivity index (χ4v) is 1.71. The summed E-state index contributed by atoms with van der Waals surface area (Å²) in [5.41, 5.74) is 0. The lowest BCUT2D eigenvalue weighted by molar-refractivity contribution is -0.259. The first-order valence-corrected chi connectivity index (χ1v) is 7.57. The van der Waals surface area contributed by atoms with E-state index >= 15 is 0 Å². The highest BCUT2D eigenvalue weighted by Gasteiger charge is 2.65. The van der Waals surface area contributed by atoms with Crippen LogP contribution >= 0.6 is 0 Å². The van der Waals surface area contributed by atoms with Gasteiger partial charge < -0.3 is 9.47 Å². The van der Waals surface area contributed by atoms with Gasteiger partial charge in [0.1, 0.15) is 0 Å². The topological polar surface area (TPSA) is 107 Å². The molecule has 0 aromatic carbocycles. The molecule has 24 heavy (non-hydrogen) atoms. The molecule has 1 atom stereocenters. The van der Waals surface area contributed by atoms with Gasteiger partial charge in [0.2, 0.25) is 0 Å². The molecule has 1 unspecified atom stereocenters. The number of halogens is 5. The van der Waals surface area contributed by atoms with Crippen molar-refractivity contribution in [3.8, 4) is 0 Å². The van der Waals surface area contributed by atoms with E-state index in [0.29, 0.717) is 0 Å². The predicted octanol–water partition coefficient (Wildman–Crippen LogP) is 1.84. The number of esters is 2. The van der Waals surface area contributed by atoms with Crippen molar-refractivity contribution in [3.63, 3.8) is 0 Å². The molecule has 0 heterocycles. The van der Waals surface area contributed by atoms with Crippen molar-refractivity contribution in [1.29, 1.82) is 0 Å². The summed E-state index contributed by atoms with van der Waals surface area (Å²) in [6.45, 7) is 2.88. The number of hydrogen-bond donors (Lipinski definition) is 1. The zero-order valence-corrected chi connectivity index (χ0v) is 12.7. The summed E-state index contributed by atoms with van der Waals surface area (Å²) in [6.07, 6.45) is -10.4. The second-order valence-corrected chi connectivity index (χ2v) is 5.77. The third-order valence-corrected chi connectivity index (χ3v) is 3.28. The number of ether oxygens (including phenoxy) is 2. The van der Waals surface area contributed by atoms with E-state index in [4.69, 9.17) is 4.55 Å². The van der Waals surface area contributed by atoms with Crippen LogP contribution in [-0.2, 0) is 29.2 Å². The third kappa shape index (κ3) is 6.78. The van der Waals surface area contributed by atoms with Crippen molar-refractivity contribution >= 4 is 22.1 Å². The number of carbonyl (C=O) groups is 2. The highest BCUT2D eigenvalue weighted by Crippen LogP contribution is 2.38. The van der Waals surface area contributed by atoms with E-state index in [-0.39, 0.29) is 19.4 Å². The van der Waals surface area contributed by atoms with Gasteiger partial charge in [-0.25, -0.2) is 4.79 Å². The highest BCUT2D eigenvalue weighted by molar-refractivity contribution is 7.86. The van der Waals surface area contributed by atoms with Crippen LogP contribution in [0.25, 0.3) is 0 Å². The summed E-state index contributed by atoms with van der Waals surface area (Å²) in [5, 5.41) is -5.76. The molecule has 0 aliphatic heterocycles. The zero-order chi connectivity index (χ0) is 19.2. The van der Waals surface area contributed by atoms with Gasteiger partial charge in [-0.05, 0) is 12.8 Å². The molecular formula is C11H13F5O7S. The Morgan fingerprint density at radius 2 is 1.71 bits per heavy atom. The second-order valence-electron chi connectivity index (χ2n) is 4.28. The predicted molar refractivity (Wildman–Crippen MR) is 67.4 cm³/mol. The Balaban J connectivity index is 4.70. The van der Waals surface area contributed by atoms with Crippen molar-refractivity contribution in [2.75, 3.05) is 6.61 Å². The minimum atomic E-state index is -6.47. The van der Waals surface area contributed by atoms with E-state index in [1.54, 1.807) is 0 Å². The van der Waals surface area contributed by atoms with Crippen LogP contribution in [0, 0.1) is 0 Å². The number of hydrogen-bond acceptors (Lipinski definition) is 6. The number of alkyl halides is 5. The molecule has 1 N–H and O–H groups in total. The average Bonchev–Trinajstić information content (AvgIpc) is 2.41. The lowest BCUT2D eigenvalue weighted by Gasteiger charge is -2.26. The number of rotatable bonds is 9. The van der Waals surface area contributed by atoms with Gasteiger partial charge in [0.25, 0.3) is 6.10 Å². The summed E-state index contributed by atoms with van der Waals surface area (Å²) in [4.78, 5) is 21.8. The summed E-state index contributed by atoms with van der Waals surface area (Å²) in [5.74, 6) is -2.54. The summed E-state index contributed by atoms with van der Waals surface area (Å²) >= 11 is 0. The van der Waals surface area contributed by atoms with Crippen LogP contribution in [0.5, 0.6) is 0 Å². The van der Waals surface area contributed by atoms with Gasteiger partial charge in [0.15, 0.2) is 0 Å². The number of unbranched alkanes of at least 4 members (excludes halogenated alkanes) is 1. The number of carbonyl (C=O) groups excluding carboxylic acids is 2. The largest absolute Gasteiger partial charge is 0.463 e. The van der Waals surface area contributed by atoms with Crippen molar-refractivity contribution in [2.45, 2.75) is 36.8 Å². The quantitative estimate of drug-likeness (QED) is 0.213. The minimum absolute atomic E-state index is 0.0000555. The molecule has 0 aliphatic carbocycles. The van der Waals surface area contributed by atoms with E-state index < -0.39 is 46.0 Å². The van der Waals surface area contributed by atoms with Gasteiger partial charge in [-0.3, -0.25) is 9.35 Å². The summed E-state index contributed by atoms with van der Waals surface area (Å²) in [7, 11) is -6.47. The second kappa shape index (κ2) is 8.37. The van der Waals surface area contributed by atoms with E-state index in [9.17, 15) is 40.0 Å². The lowest BCUT2D eigenvalue weighted by Crippen LogP contribution is -2.52. The summed E-state index contributed by atoms with van der Waals surface area (Å²) in [6, 6.07) is 0. The normalized spacial score (nSPS) is 13.9. The van der Waals surface area contributed by atoms with Crippen LogP contribution in [0.4, 0.5) is 22.0 Å². The van der Waals surface area contributed by atoms with E-state index in [1.165, 1.54) is 0 Å². The van der Waals surface area contributed by atoms with Gasteiger partial charge in [-0.15, -0.1) is 0 Å². The molecule has 7 nitrogen and oxygen atoms in total. The van der Waals surface area contributed by atoms with Crippen molar-refractivity contribution < 1.29 is 54.0 Å². The maximum atomic E-state index is 13.1. The van der Waals surface area contributed by atoms with Gasteiger partial charge in [0, 0.05) is 12.5 Å². The molecule has 0 radical (unpaired) electrons. The molecule has 13 heteroatoms. The van der Waals surface area contributed by atoms with Crippen molar-refractivity contribution in [1.82, 2.24) is 0 Å². The van der Waals surface area contributed by atoms with Crippen molar-refractivity contribution in [3.05, 3.63) is 12.7 Å². The molecular weight excluding hydrogens is 371 g/mol. The Kier molecular flexibility index (Phi) is 7.76. The molecule has 140 valence electrons. The molecule has 0 saturated carbocycles. The molecule has 0 spiro atoms. The van der Waals surface area contributed by atoms with E-state index in [2.05, 4.69) is 16.1 Å². The van der Waals surface area contributed by atoms with E-state index in [0.717, 1.165) is 6.08 Å². The van der Waals surface area contributed by atoms with E-state index in [1.807, 2.05) is 0 Å².